The van der Waals surface area contributed by atoms with E-state index in [-0.39, 0.29) is 12.3 Å². The van der Waals surface area contributed by atoms with Gasteiger partial charge in [0, 0.05) is 10.6 Å². The van der Waals surface area contributed by atoms with Crippen LogP contribution in [-0.2, 0) is 17.8 Å². The highest BCUT2D eigenvalue weighted by Crippen LogP contribution is 2.23. The lowest BCUT2D eigenvalue weighted by molar-refractivity contribution is -0.117. The zero-order valence-electron chi connectivity index (χ0n) is 14.5. The van der Waals surface area contributed by atoms with Crippen LogP contribution in [0.25, 0.3) is 10.2 Å². The topological polar surface area (TPSA) is 43.6 Å². The molecule has 6 heteroatoms. The van der Waals surface area contributed by atoms with Crippen molar-refractivity contribution in [1.82, 2.24) is 4.57 Å². The Morgan fingerprint density at radius 1 is 1.35 bits per heavy atom. The highest BCUT2D eigenvalue weighted by molar-refractivity contribution is 7.16. The summed E-state index contributed by atoms with van der Waals surface area (Å²) < 4.78 is 8.12. The number of terminal acetylenes is 1. The van der Waals surface area contributed by atoms with Gasteiger partial charge in [-0.15, -0.1) is 6.42 Å². The van der Waals surface area contributed by atoms with Crippen LogP contribution in [0.15, 0.2) is 41.4 Å². The first-order valence-corrected chi connectivity index (χ1v) is 9.14. The number of benzene rings is 2. The van der Waals surface area contributed by atoms with Gasteiger partial charge < -0.3 is 9.30 Å². The minimum Gasteiger partial charge on any atom is -0.496 e. The molecule has 0 unspecified atom stereocenters. The Bertz CT molecular complexity index is 1090. The van der Waals surface area contributed by atoms with E-state index in [1.165, 1.54) is 11.3 Å². The summed E-state index contributed by atoms with van der Waals surface area (Å²) in [5, 5.41) is 0.633. The molecule has 4 nitrogen and oxygen atoms in total. The van der Waals surface area contributed by atoms with Crippen molar-refractivity contribution in [3.63, 3.8) is 0 Å². The van der Waals surface area contributed by atoms with Gasteiger partial charge in [0.15, 0.2) is 4.80 Å². The van der Waals surface area contributed by atoms with E-state index in [1.54, 1.807) is 13.2 Å². The second-order valence-corrected chi connectivity index (χ2v) is 7.23. The first kappa shape index (κ1) is 18.2. The summed E-state index contributed by atoms with van der Waals surface area (Å²) in [6, 6.07) is 11.3. The Kier molecular flexibility index (Phi) is 5.46. The molecule has 0 bridgehead atoms. The van der Waals surface area contributed by atoms with E-state index >= 15 is 0 Å². The lowest BCUT2D eigenvalue weighted by Gasteiger charge is -2.07. The average Bonchev–Trinajstić information content (AvgIpc) is 2.91. The Hall–Kier alpha value is -2.55. The Labute approximate surface area is 160 Å². The third kappa shape index (κ3) is 3.82. The maximum absolute atomic E-state index is 12.6. The molecule has 3 rings (SSSR count). The van der Waals surface area contributed by atoms with Crippen LogP contribution < -0.4 is 9.54 Å². The van der Waals surface area contributed by atoms with Crippen LogP contribution in [0.4, 0.5) is 0 Å². The van der Waals surface area contributed by atoms with Crippen LogP contribution >= 0.6 is 22.9 Å². The molecule has 0 fully saturated rings. The van der Waals surface area contributed by atoms with Crippen LogP contribution in [0.5, 0.6) is 5.75 Å². The van der Waals surface area contributed by atoms with Gasteiger partial charge in [0.25, 0.3) is 5.91 Å². The number of carbonyl (C=O) groups is 1. The molecule has 0 saturated heterocycles. The number of hydrogen-bond donors (Lipinski definition) is 0. The quantitative estimate of drug-likeness (QED) is 0.638. The molecule has 0 aliphatic heterocycles. The number of fused-ring (bicyclic) bond motifs is 1. The Morgan fingerprint density at radius 3 is 2.88 bits per heavy atom. The fourth-order valence-corrected chi connectivity index (χ4v) is 4.05. The second-order valence-electron chi connectivity index (χ2n) is 5.78. The van der Waals surface area contributed by atoms with Crippen molar-refractivity contribution in [3.8, 4) is 18.1 Å². The van der Waals surface area contributed by atoms with Crippen molar-refractivity contribution in [1.29, 1.82) is 0 Å². The number of methoxy groups -OCH3 is 1. The zero-order chi connectivity index (χ0) is 18.7. The molecule has 132 valence electrons. The molecule has 0 N–H and O–H groups in total. The highest BCUT2D eigenvalue weighted by atomic mass is 35.5. The number of hydrogen-bond acceptors (Lipinski definition) is 3. The van der Waals surface area contributed by atoms with Gasteiger partial charge in [-0.05, 0) is 31.2 Å². The number of thiazole rings is 1. The number of ether oxygens (including phenoxy) is 1. The minimum atomic E-state index is -0.252. The molecule has 1 amide bonds. The average molecular weight is 385 g/mol. The van der Waals surface area contributed by atoms with Crippen molar-refractivity contribution in [2.24, 2.45) is 4.99 Å². The van der Waals surface area contributed by atoms with Crippen LogP contribution in [-0.4, -0.2) is 17.6 Å². The zero-order valence-corrected chi connectivity index (χ0v) is 16.0. The maximum atomic E-state index is 12.6. The molecule has 0 radical (unpaired) electrons. The van der Waals surface area contributed by atoms with Gasteiger partial charge in [-0.3, -0.25) is 4.79 Å². The number of rotatable bonds is 4. The molecule has 0 aliphatic carbocycles. The van der Waals surface area contributed by atoms with Crippen LogP contribution in [0, 0.1) is 19.3 Å². The summed E-state index contributed by atoms with van der Waals surface area (Å²) in [7, 11) is 1.59. The second kappa shape index (κ2) is 7.77. The number of aryl methyl sites for hydroxylation is 1. The Morgan fingerprint density at radius 2 is 2.15 bits per heavy atom. The molecule has 1 heterocycles. The number of nitrogens with zero attached hydrogens (tertiary/aromatic N) is 2. The summed E-state index contributed by atoms with van der Waals surface area (Å²) in [5.74, 6) is 3.04. The third-order valence-corrected chi connectivity index (χ3v) is 5.17. The summed E-state index contributed by atoms with van der Waals surface area (Å²) in [4.78, 5) is 17.4. The summed E-state index contributed by atoms with van der Waals surface area (Å²) >= 11 is 7.46. The van der Waals surface area contributed by atoms with Crippen molar-refractivity contribution < 1.29 is 9.53 Å². The largest absolute Gasteiger partial charge is 0.496 e. The van der Waals surface area contributed by atoms with Gasteiger partial charge in [0.05, 0.1) is 30.3 Å². The fraction of sp³-hybridized carbons (Fsp3) is 0.200. The van der Waals surface area contributed by atoms with E-state index in [0.29, 0.717) is 22.1 Å². The SMILES string of the molecule is C#CCn1c(=NC(=O)Cc2cc(C)ccc2OC)sc2cc(Cl)ccc21. The van der Waals surface area contributed by atoms with Gasteiger partial charge >= 0.3 is 0 Å². The molecule has 1 aromatic heterocycles. The van der Waals surface area contributed by atoms with E-state index in [2.05, 4.69) is 10.9 Å². The smallest absolute Gasteiger partial charge is 0.252 e. The standard InChI is InChI=1S/C20H17ClN2O2S/c1-4-9-23-16-7-6-15(21)12-18(16)26-20(23)22-19(24)11-14-10-13(2)5-8-17(14)25-3/h1,5-8,10,12H,9,11H2,2-3H3. The lowest BCUT2D eigenvalue weighted by atomic mass is 10.1. The van der Waals surface area contributed by atoms with Gasteiger partial charge in [-0.25, -0.2) is 0 Å². The van der Waals surface area contributed by atoms with E-state index in [9.17, 15) is 4.79 Å². The predicted molar refractivity (Wildman–Crippen MR) is 106 cm³/mol. The van der Waals surface area contributed by atoms with Crippen molar-refractivity contribution in [2.45, 2.75) is 19.9 Å². The lowest BCUT2D eigenvalue weighted by Crippen LogP contribution is -2.17. The van der Waals surface area contributed by atoms with Crippen molar-refractivity contribution in [3.05, 3.63) is 57.3 Å². The molecule has 26 heavy (non-hydrogen) atoms. The van der Waals surface area contributed by atoms with Crippen molar-refractivity contribution in [2.75, 3.05) is 7.11 Å². The molecule has 0 aliphatic rings. The summed E-state index contributed by atoms with van der Waals surface area (Å²) in [6.07, 6.45) is 5.65. The van der Waals surface area contributed by atoms with Crippen LogP contribution in [0.3, 0.4) is 0 Å². The molecule has 0 saturated carbocycles. The molecule has 2 aromatic carbocycles. The molecule has 0 spiro atoms. The van der Waals surface area contributed by atoms with E-state index in [0.717, 1.165) is 21.3 Å². The molecular weight excluding hydrogens is 368 g/mol. The normalized spacial score (nSPS) is 11.5. The van der Waals surface area contributed by atoms with Gasteiger partial charge in [0.2, 0.25) is 0 Å². The first-order valence-electron chi connectivity index (χ1n) is 7.95. The molecule has 0 atom stereocenters. The van der Waals surface area contributed by atoms with E-state index in [4.69, 9.17) is 22.8 Å². The Balaban J connectivity index is 2.02. The monoisotopic (exact) mass is 384 g/mol. The van der Waals surface area contributed by atoms with E-state index in [1.807, 2.05) is 41.8 Å². The van der Waals surface area contributed by atoms with Gasteiger partial charge in [-0.2, -0.15) is 4.99 Å². The number of aromatic nitrogens is 1. The summed E-state index contributed by atoms with van der Waals surface area (Å²) in [6.45, 7) is 2.31. The highest BCUT2D eigenvalue weighted by Gasteiger charge is 2.11. The number of halogens is 1. The third-order valence-electron chi connectivity index (χ3n) is 3.89. The molecule has 3 aromatic rings. The minimum absolute atomic E-state index is 0.163. The van der Waals surface area contributed by atoms with Gasteiger partial charge in [-0.1, -0.05) is 46.6 Å². The predicted octanol–water partition coefficient (Wildman–Crippen LogP) is 3.98. The maximum Gasteiger partial charge on any atom is 0.252 e. The van der Waals surface area contributed by atoms with Crippen LogP contribution in [0.2, 0.25) is 5.02 Å². The molecular formula is C20H17ClN2O2S. The van der Waals surface area contributed by atoms with Gasteiger partial charge in [0.1, 0.15) is 5.75 Å². The first-order chi connectivity index (χ1) is 12.5. The van der Waals surface area contributed by atoms with Crippen molar-refractivity contribution >= 4 is 39.1 Å². The van der Waals surface area contributed by atoms with Crippen LogP contribution in [0.1, 0.15) is 11.1 Å². The number of carbonyl (C=O) groups excluding carboxylic acids is 1. The van der Waals surface area contributed by atoms with E-state index < -0.39 is 0 Å². The fourth-order valence-electron chi connectivity index (χ4n) is 2.73. The number of amides is 1. The summed E-state index contributed by atoms with van der Waals surface area (Å²) in [5.41, 5.74) is 2.79.